The zero-order chi connectivity index (χ0) is 15.5. The average Bonchev–Trinajstić information content (AvgIpc) is 2.95. The molecule has 0 aliphatic carbocycles. The van der Waals surface area contributed by atoms with Gasteiger partial charge in [-0.3, -0.25) is 0 Å². The van der Waals surface area contributed by atoms with Crippen molar-refractivity contribution in [2.24, 2.45) is 0 Å². The Morgan fingerprint density at radius 2 is 2.05 bits per heavy atom. The van der Waals surface area contributed by atoms with Crippen LogP contribution in [0.3, 0.4) is 0 Å². The summed E-state index contributed by atoms with van der Waals surface area (Å²) < 4.78 is 41.0. The molecule has 114 valence electrons. The van der Waals surface area contributed by atoms with E-state index in [9.17, 15) is 12.8 Å². The zero-order valence-electron chi connectivity index (χ0n) is 11.8. The number of benzene rings is 1. The van der Waals surface area contributed by atoms with Gasteiger partial charge in [-0.05, 0) is 54.1 Å². The van der Waals surface area contributed by atoms with Crippen molar-refractivity contribution in [1.82, 2.24) is 10.0 Å². The molecule has 0 unspecified atom stereocenters. The minimum atomic E-state index is -3.66. The van der Waals surface area contributed by atoms with Crippen LogP contribution in [0.4, 0.5) is 4.39 Å². The smallest absolute Gasteiger partial charge is 0.240 e. The maximum absolute atomic E-state index is 13.9. The van der Waals surface area contributed by atoms with Crippen LogP contribution in [0.25, 0.3) is 0 Å². The van der Waals surface area contributed by atoms with Crippen LogP contribution in [0, 0.1) is 12.7 Å². The second kappa shape index (κ2) is 6.65. The minimum Gasteiger partial charge on any atom is -0.316 e. The average molecular weight is 328 g/mol. The van der Waals surface area contributed by atoms with Crippen molar-refractivity contribution < 1.29 is 12.8 Å². The molecule has 0 aliphatic rings. The highest BCUT2D eigenvalue weighted by atomic mass is 32.2. The molecule has 2 aromatic rings. The van der Waals surface area contributed by atoms with E-state index in [1.807, 2.05) is 16.8 Å². The van der Waals surface area contributed by atoms with E-state index in [2.05, 4.69) is 10.0 Å². The topological polar surface area (TPSA) is 58.2 Å². The molecule has 0 saturated carbocycles. The first-order valence-electron chi connectivity index (χ1n) is 6.38. The molecule has 4 nitrogen and oxygen atoms in total. The van der Waals surface area contributed by atoms with Crippen molar-refractivity contribution in [3.8, 4) is 0 Å². The zero-order valence-corrected chi connectivity index (χ0v) is 13.4. The number of nitrogens with one attached hydrogen (secondary N) is 2. The standard InChI is InChI=1S/C14H17FN2O2S2/c1-10-5-13(6-12(8-16-2)14(10)15)21(18,19)17-7-11-3-4-20-9-11/h3-6,9,16-17H,7-8H2,1-2H3. The lowest BCUT2D eigenvalue weighted by Gasteiger charge is -2.11. The molecule has 1 heterocycles. The van der Waals surface area contributed by atoms with Gasteiger partial charge in [0.05, 0.1) is 4.90 Å². The molecule has 2 N–H and O–H groups in total. The van der Waals surface area contributed by atoms with Crippen LogP contribution in [-0.2, 0) is 23.1 Å². The van der Waals surface area contributed by atoms with Gasteiger partial charge >= 0.3 is 0 Å². The maximum Gasteiger partial charge on any atom is 0.240 e. The first-order chi connectivity index (χ1) is 9.94. The molecular weight excluding hydrogens is 311 g/mol. The Morgan fingerprint density at radius 3 is 2.67 bits per heavy atom. The molecule has 2 rings (SSSR count). The number of hydrogen-bond donors (Lipinski definition) is 2. The molecule has 0 radical (unpaired) electrons. The Kier molecular flexibility index (Phi) is 5.10. The molecule has 1 aromatic carbocycles. The normalized spacial score (nSPS) is 11.8. The predicted molar refractivity (Wildman–Crippen MR) is 82.2 cm³/mol. The highest BCUT2D eigenvalue weighted by molar-refractivity contribution is 7.89. The van der Waals surface area contributed by atoms with Crippen LogP contribution >= 0.6 is 11.3 Å². The third-order valence-corrected chi connectivity index (χ3v) is 5.14. The fraction of sp³-hybridized carbons (Fsp3) is 0.286. The van der Waals surface area contributed by atoms with Gasteiger partial charge < -0.3 is 5.32 Å². The molecule has 1 aromatic heterocycles. The van der Waals surface area contributed by atoms with E-state index < -0.39 is 10.0 Å². The molecule has 0 saturated heterocycles. The molecule has 21 heavy (non-hydrogen) atoms. The van der Waals surface area contributed by atoms with Crippen LogP contribution in [0.15, 0.2) is 33.9 Å². The van der Waals surface area contributed by atoms with Crippen molar-refractivity contribution in [2.45, 2.75) is 24.9 Å². The van der Waals surface area contributed by atoms with Gasteiger partial charge in [-0.15, -0.1) is 0 Å². The van der Waals surface area contributed by atoms with Gasteiger partial charge in [0.15, 0.2) is 0 Å². The van der Waals surface area contributed by atoms with E-state index >= 15 is 0 Å². The van der Waals surface area contributed by atoms with Crippen molar-refractivity contribution in [2.75, 3.05) is 7.05 Å². The SMILES string of the molecule is CNCc1cc(S(=O)(=O)NCc2ccsc2)cc(C)c1F. The van der Waals surface area contributed by atoms with E-state index in [0.29, 0.717) is 11.1 Å². The third-order valence-electron chi connectivity index (χ3n) is 3.03. The van der Waals surface area contributed by atoms with Crippen LogP contribution in [0.5, 0.6) is 0 Å². The van der Waals surface area contributed by atoms with Gasteiger partial charge in [-0.2, -0.15) is 11.3 Å². The number of thiophene rings is 1. The minimum absolute atomic E-state index is 0.0851. The second-order valence-corrected chi connectivity index (χ2v) is 7.25. The first kappa shape index (κ1) is 16.1. The summed E-state index contributed by atoms with van der Waals surface area (Å²) in [5, 5.41) is 6.60. The quantitative estimate of drug-likeness (QED) is 0.856. The first-order valence-corrected chi connectivity index (χ1v) is 8.81. The van der Waals surface area contributed by atoms with E-state index in [4.69, 9.17) is 0 Å². The number of hydrogen-bond acceptors (Lipinski definition) is 4. The number of halogens is 1. The highest BCUT2D eigenvalue weighted by Crippen LogP contribution is 2.19. The third kappa shape index (κ3) is 3.88. The van der Waals surface area contributed by atoms with Gasteiger partial charge in [-0.25, -0.2) is 17.5 Å². The highest BCUT2D eigenvalue weighted by Gasteiger charge is 2.18. The maximum atomic E-state index is 13.9. The lowest BCUT2D eigenvalue weighted by atomic mass is 10.1. The van der Waals surface area contributed by atoms with Crippen LogP contribution in [0.2, 0.25) is 0 Å². The van der Waals surface area contributed by atoms with Crippen LogP contribution in [-0.4, -0.2) is 15.5 Å². The monoisotopic (exact) mass is 328 g/mol. The fourth-order valence-electron chi connectivity index (χ4n) is 1.94. The van der Waals surface area contributed by atoms with Crippen molar-refractivity contribution in [1.29, 1.82) is 0 Å². The Bertz CT molecular complexity index is 713. The second-order valence-electron chi connectivity index (χ2n) is 4.70. The van der Waals surface area contributed by atoms with E-state index in [1.165, 1.54) is 23.5 Å². The summed E-state index contributed by atoms with van der Waals surface area (Å²) in [5.41, 5.74) is 1.56. The summed E-state index contributed by atoms with van der Waals surface area (Å²) in [6.45, 7) is 2.07. The summed E-state index contributed by atoms with van der Waals surface area (Å²) in [5.74, 6) is -0.374. The summed E-state index contributed by atoms with van der Waals surface area (Å²) in [4.78, 5) is 0.0851. The van der Waals surface area contributed by atoms with Crippen molar-refractivity contribution >= 4 is 21.4 Å². The molecule has 0 aliphatic heterocycles. The molecule has 0 bridgehead atoms. The van der Waals surface area contributed by atoms with E-state index in [0.717, 1.165) is 5.56 Å². The Morgan fingerprint density at radius 1 is 1.29 bits per heavy atom. The van der Waals surface area contributed by atoms with Crippen LogP contribution < -0.4 is 10.0 Å². The summed E-state index contributed by atoms with van der Waals surface area (Å²) in [7, 11) is -1.97. The molecule has 0 atom stereocenters. The summed E-state index contributed by atoms with van der Waals surface area (Å²) in [6.07, 6.45) is 0. The van der Waals surface area contributed by atoms with Gasteiger partial charge in [0.25, 0.3) is 0 Å². The van der Waals surface area contributed by atoms with E-state index in [1.54, 1.807) is 14.0 Å². The Labute approximate surface area is 128 Å². The van der Waals surface area contributed by atoms with Gasteiger partial charge in [0.2, 0.25) is 10.0 Å². The Balaban J connectivity index is 2.27. The van der Waals surface area contributed by atoms with Gasteiger partial charge in [0, 0.05) is 18.7 Å². The Hall–Kier alpha value is -1.28. The molecule has 0 fully saturated rings. The molecular formula is C14H17FN2O2S2. The van der Waals surface area contributed by atoms with Crippen LogP contribution in [0.1, 0.15) is 16.7 Å². The van der Waals surface area contributed by atoms with E-state index in [-0.39, 0.29) is 23.8 Å². The molecule has 7 heteroatoms. The number of sulfonamides is 1. The van der Waals surface area contributed by atoms with Gasteiger partial charge in [-0.1, -0.05) is 0 Å². The summed E-state index contributed by atoms with van der Waals surface area (Å²) >= 11 is 1.51. The molecule has 0 amide bonds. The lowest BCUT2D eigenvalue weighted by Crippen LogP contribution is -2.23. The number of rotatable bonds is 6. The van der Waals surface area contributed by atoms with Crippen molar-refractivity contribution in [3.05, 3.63) is 51.5 Å². The largest absolute Gasteiger partial charge is 0.316 e. The fourth-order valence-corrected chi connectivity index (χ4v) is 3.76. The van der Waals surface area contributed by atoms with Crippen molar-refractivity contribution in [3.63, 3.8) is 0 Å². The molecule has 0 spiro atoms. The predicted octanol–water partition coefficient (Wildman–Crippen LogP) is 2.39. The summed E-state index contributed by atoms with van der Waals surface area (Å²) in [6, 6.07) is 4.58. The number of aryl methyl sites for hydroxylation is 1. The van der Waals surface area contributed by atoms with Gasteiger partial charge in [0.1, 0.15) is 5.82 Å². The lowest BCUT2D eigenvalue weighted by molar-refractivity contribution is 0.575.